The fraction of sp³-hybridized carbons (Fsp3) is 0.174. The third-order valence-electron chi connectivity index (χ3n) is 4.43. The van der Waals surface area contributed by atoms with Gasteiger partial charge in [0.1, 0.15) is 5.75 Å². The van der Waals surface area contributed by atoms with Gasteiger partial charge in [0.25, 0.3) is 5.91 Å². The number of thioether (sulfide) groups is 1. The third kappa shape index (κ3) is 5.85. The molecule has 4 aromatic rings. The van der Waals surface area contributed by atoms with Gasteiger partial charge in [0.15, 0.2) is 11.0 Å². The topological polar surface area (TPSA) is 94.3 Å². The minimum absolute atomic E-state index is 0.142. The molecule has 1 aromatic carbocycles. The van der Waals surface area contributed by atoms with Crippen LogP contribution >= 0.6 is 23.1 Å². The Bertz CT molecular complexity index is 1240. The first-order chi connectivity index (χ1) is 16.1. The van der Waals surface area contributed by atoms with Gasteiger partial charge in [-0.2, -0.15) is 5.10 Å². The molecule has 0 radical (unpaired) electrons. The van der Waals surface area contributed by atoms with Gasteiger partial charge in [-0.3, -0.25) is 14.3 Å². The summed E-state index contributed by atoms with van der Waals surface area (Å²) < 4.78 is 7.46. The average Bonchev–Trinajstić information content (AvgIpc) is 3.45. The van der Waals surface area contributed by atoms with Crippen molar-refractivity contribution < 1.29 is 9.53 Å². The normalized spacial score (nSPS) is 11.1. The monoisotopic (exact) mass is 478 g/mol. The van der Waals surface area contributed by atoms with Crippen molar-refractivity contribution in [3.63, 3.8) is 0 Å². The molecule has 1 N–H and O–H groups in total. The lowest BCUT2D eigenvalue weighted by molar-refractivity contribution is -0.118. The highest BCUT2D eigenvalue weighted by atomic mass is 32.2. The molecule has 0 unspecified atom stereocenters. The number of hydrogen-bond acceptors (Lipinski definition) is 8. The van der Waals surface area contributed by atoms with Gasteiger partial charge < -0.3 is 4.74 Å². The van der Waals surface area contributed by atoms with E-state index in [2.05, 4.69) is 25.7 Å². The highest BCUT2D eigenvalue weighted by Gasteiger charge is 2.17. The smallest absolute Gasteiger partial charge is 0.250 e. The van der Waals surface area contributed by atoms with Crippen LogP contribution in [0.25, 0.3) is 17.1 Å². The maximum absolute atomic E-state index is 12.3. The molecule has 168 valence electrons. The number of hydrazone groups is 1. The van der Waals surface area contributed by atoms with Crippen molar-refractivity contribution in [2.75, 3.05) is 12.4 Å². The van der Waals surface area contributed by atoms with Crippen LogP contribution in [0.3, 0.4) is 0 Å². The van der Waals surface area contributed by atoms with Crippen molar-refractivity contribution in [2.24, 2.45) is 5.10 Å². The molecule has 0 spiro atoms. The molecule has 33 heavy (non-hydrogen) atoms. The maximum Gasteiger partial charge on any atom is 0.250 e. The Labute approximate surface area is 199 Å². The van der Waals surface area contributed by atoms with E-state index >= 15 is 0 Å². The molecule has 0 aliphatic rings. The number of aromatic nitrogens is 4. The minimum Gasteiger partial charge on any atom is -0.494 e. The summed E-state index contributed by atoms with van der Waals surface area (Å²) in [6.07, 6.45) is 5.08. The van der Waals surface area contributed by atoms with Gasteiger partial charge in [0.05, 0.1) is 18.6 Å². The second-order valence-corrected chi connectivity index (χ2v) is 9.10. The molecule has 4 rings (SSSR count). The quantitative estimate of drug-likeness (QED) is 0.218. The standard InChI is InChI=1S/C23H22N6O2S2/c1-3-31-19-9-7-18(8-10-19)29-22(17-5-4-12-24-13-17)27-28-23(29)32-15-21(30)26-25-14-20-11-6-16(2)33-20/h4-14H,3,15H2,1-2H3,(H,26,30)/b25-14+. The molecular weight excluding hydrogens is 456 g/mol. The van der Waals surface area contributed by atoms with Gasteiger partial charge in [-0.15, -0.1) is 21.5 Å². The van der Waals surface area contributed by atoms with Gasteiger partial charge in [-0.05, 0) is 62.4 Å². The average molecular weight is 479 g/mol. The Hall–Kier alpha value is -3.50. The van der Waals surface area contributed by atoms with Crippen LogP contribution in [0.5, 0.6) is 5.75 Å². The molecule has 0 atom stereocenters. The van der Waals surface area contributed by atoms with Crippen molar-refractivity contribution in [3.05, 3.63) is 70.7 Å². The number of pyridine rings is 1. The highest BCUT2D eigenvalue weighted by molar-refractivity contribution is 7.99. The summed E-state index contributed by atoms with van der Waals surface area (Å²) in [5.74, 6) is 1.34. The zero-order chi connectivity index (χ0) is 23.0. The van der Waals surface area contributed by atoms with E-state index in [-0.39, 0.29) is 11.7 Å². The predicted octanol–water partition coefficient (Wildman–Crippen LogP) is 4.34. The molecular formula is C23H22N6O2S2. The minimum atomic E-state index is -0.228. The largest absolute Gasteiger partial charge is 0.494 e. The number of aryl methyl sites for hydroxylation is 1. The number of ether oxygens (including phenoxy) is 1. The highest BCUT2D eigenvalue weighted by Crippen LogP contribution is 2.28. The van der Waals surface area contributed by atoms with Crippen LogP contribution in [0, 0.1) is 6.92 Å². The van der Waals surface area contributed by atoms with Crippen molar-refractivity contribution >= 4 is 35.2 Å². The van der Waals surface area contributed by atoms with E-state index in [1.165, 1.54) is 16.6 Å². The Morgan fingerprint density at radius 2 is 2.06 bits per heavy atom. The molecule has 0 bridgehead atoms. The molecule has 0 aliphatic carbocycles. The van der Waals surface area contributed by atoms with E-state index in [4.69, 9.17) is 4.74 Å². The van der Waals surface area contributed by atoms with E-state index in [9.17, 15) is 4.79 Å². The third-order valence-corrected chi connectivity index (χ3v) is 6.30. The Balaban J connectivity index is 1.52. The van der Waals surface area contributed by atoms with Crippen molar-refractivity contribution in [1.82, 2.24) is 25.2 Å². The summed E-state index contributed by atoms with van der Waals surface area (Å²) >= 11 is 2.90. The lowest BCUT2D eigenvalue weighted by Crippen LogP contribution is -2.19. The number of hydrogen-bond donors (Lipinski definition) is 1. The summed E-state index contributed by atoms with van der Waals surface area (Å²) in [5.41, 5.74) is 4.24. The number of nitrogens with one attached hydrogen (secondary N) is 1. The summed E-state index contributed by atoms with van der Waals surface area (Å²) in [6, 6.07) is 15.4. The summed E-state index contributed by atoms with van der Waals surface area (Å²) in [7, 11) is 0. The van der Waals surface area contributed by atoms with Crippen LogP contribution in [0.2, 0.25) is 0 Å². The van der Waals surface area contributed by atoms with Crippen LogP contribution in [0.4, 0.5) is 0 Å². The number of carbonyl (C=O) groups is 1. The molecule has 3 heterocycles. The lowest BCUT2D eigenvalue weighted by atomic mass is 10.2. The first-order valence-electron chi connectivity index (χ1n) is 10.2. The molecule has 1 amide bonds. The van der Waals surface area contributed by atoms with E-state index in [0.29, 0.717) is 17.6 Å². The van der Waals surface area contributed by atoms with Crippen molar-refractivity contribution in [2.45, 2.75) is 19.0 Å². The van der Waals surface area contributed by atoms with Crippen LogP contribution in [0.15, 0.2) is 71.2 Å². The summed E-state index contributed by atoms with van der Waals surface area (Å²) in [5, 5.41) is 13.3. The Kier molecular flexibility index (Phi) is 7.48. The zero-order valence-electron chi connectivity index (χ0n) is 18.1. The van der Waals surface area contributed by atoms with Crippen LogP contribution < -0.4 is 10.2 Å². The van der Waals surface area contributed by atoms with Crippen molar-refractivity contribution in [3.8, 4) is 22.8 Å². The van der Waals surface area contributed by atoms with Gasteiger partial charge in [0.2, 0.25) is 0 Å². The van der Waals surface area contributed by atoms with E-state index < -0.39 is 0 Å². The van der Waals surface area contributed by atoms with Gasteiger partial charge >= 0.3 is 0 Å². The van der Waals surface area contributed by atoms with Gasteiger partial charge in [-0.25, -0.2) is 5.43 Å². The number of amides is 1. The second kappa shape index (κ2) is 10.9. The number of nitrogens with zero attached hydrogens (tertiary/aromatic N) is 5. The fourth-order valence-electron chi connectivity index (χ4n) is 2.99. The molecule has 10 heteroatoms. The predicted molar refractivity (Wildman–Crippen MR) is 131 cm³/mol. The number of benzene rings is 1. The maximum atomic E-state index is 12.3. The lowest BCUT2D eigenvalue weighted by Gasteiger charge is -2.11. The first-order valence-corrected chi connectivity index (χ1v) is 12.0. The zero-order valence-corrected chi connectivity index (χ0v) is 19.8. The summed E-state index contributed by atoms with van der Waals surface area (Å²) in [4.78, 5) is 18.7. The van der Waals surface area contributed by atoms with Crippen LogP contribution in [-0.2, 0) is 4.79 Å². The Morgan fingerprint density at radius 3 is 2.76 bits per heavy atom. The first kappa shape index (κ1) is 22.7. The van der Waals surface area contributed by atoms with E-state index in [0.717, 1.165) is 21.9 Å². The number of thiophene rings is 1. The fourth-order valence-corrected chi connectivity index (χ4v) is 4.48. The molecule has 0 saturated carbocycles. The molecule has 0 fully saturated rings. The van der Waals surface area contributed by atoms with Crippen LogP contribution in [0.1, 0.15) is 16.7 Å². The molecule has 0 saturated heterocycles. The van der Waals surface area contributed by atoms with E-state index in [1.807, 2.05) is 66.9 Å². The van der Waals surface area contributed by atoms with Gasteiger partial charge in [-0.1, -0.05) is 11.8 Å². The van der Waals surface area contributed by atoms with Crippen molar-refractivity contribution in [1.29, 1.82) is 0 Å². The number of carbonyl (C=O) groups excluding carboxylic acids is 1. The SMILES string of the molecule is CCOc1ccc(-n2c(SCC(=O)N/N=C/c3ccc(C)s3)nnc2-c2cccnc2)cc1. The van der Waals surface area contributed by atoms with Crippen LogP contribution in [-0.4, -0.2) is 44.2 Å². The Morgan fingerprint density at radius 1 is 1.21 bits per heavy atom. The molecule has 3 aromatic heterocycles. The molecule has 8 nitrogen and oxygen atoms in total. The van der Waals surface area contributed by atoms with Gasteiger partial charge in [0, 0.05) is 33.4 Å². The number of rotatable bonds is 9. The second-order valence-electron chi connectivity index (χ2n) is 6.84. The summed E-state index contributed by atoms with van der Waals surface area (Å²) in [6.45, 7) is 4.56. The van der Waals surface area contributed by atoms with E-state index in [1.54, 1.807) is 29.9 Å². The molecule has 0 aliphatic heterocycles.